The Labute approximate surface area is 153 Å². The van der Waals surface area contributed by atoms with Crippen LogP contribution in [0.15, 0.2) is 48.5 Å². The van der Waals surface area contributed by atoms with Crippen LogP contribution in [-0.4, -0.2) is 38.2 Å². The molecule has 6 nitrogen and oxygen atoms in total. The molecule has 138 valence electrons. The molecule has 0 unspecified atom stereocenters. The van der Waals surface area contributed by atoms with Crippen molar-refractivity contribution in [3.05, 3.63) is 59.7 Å². The maximum Gasteiger partial charge on any atom is 0.340 e. The highest BCUT2D eigenvalue weighted by atomic mass is 16.5. The van der Waals surface area contributed by atoms with Crippen molar-refractivity contribution in [3.8, 4) is 0 Å². The molecule has 2 N–H and O–H groups in total. The molecule has 0 aromatic heterocycles. The first-order chi connectivity index (χ1) is 12.5. The lowest BCUT2D eigenvalue weighted by Crippen LogP contribution is -2.38. The van der Waals surface area contributed by atoms with Gasteiger partial charge in [-0.15, -0.1) is 0 Å². The number of carbonyl (C=O) groups excluding carboxylic acids is 2. The summed E-state index contributed by atoms with van der Waals surface area (Å²) in [5, 5.41) is 5.89. The molecule has 0 aliphatic carbocycles. The fourth-order valence-corrected chi connectivity index (χ4v) is 2.38. The summed E-state index contributed by atoms with van der Waals surface area (Å²) in [7, 11) is 1.56. The number of carbonyl (C=O) groups is 2. The quantitative estimate of drug-likeness (QED) is 0.711. The summed E-state index contributed by atoms with van der Waals surface area (Å²) in [5.74, 6) is -0.929. The predicted octanol–water partition coefficient (Wildman–Crippen LogP) is 3.05. The molecule has 0 saturated carbocycles. The van der Waals surface area contributed by atoms with Gasteiger partial charge in [-0.3, -0.25) is 4.79 Å². The number of para-hydroxylation sites is 1. The summed E-state index contributed by atoms with van der Waals surface area (Å²) in [6, 6.07) is 14.7. The minimum Gasteiger partial charge on any atom is -0.452 e. The number of aryl methyl sites for hydroxylation is 1. The molecule has 1 amide bonds. The van der Waals surface area contributed by atoms with Crippen LogP contribution in [0.25, 0.3) is 0 Å². The van der Waals surface area contributed by atoms with Crippen molar-refractivity contribution in [2.75, 3.05) is 25.6 Å². The number of benzene rings is 2. The molecule has 1 atom stereocenters. The largest absolute Gasteiger partial charge is 0.452 e. The minimum absolute atomic E-state index is 0.151. The second kappa shape index (κ2) is 9.58. The van der Waals surface area contributed by atoms with Gasteiger partial charge >= 0.3 is 5.97 Å². The highest BCUT2D eigenvalue weighted by Gasteiger charge is 2.15. The van der Waals surface area contributed by atoms with Gasteiger partial charge < -0.3 is 20.1 Å². The van der Waals surface area contributed by atoms with Crippen LogP contribution in [0.4, 0.5) is 11.4 Å². The van der Waals surface area contributed by atoms with E-state index in [2.05, 4.69) is 10.6 Å². The Balaban J connectivity index is 1.98. The van der Waals surface area contributed by atoms with Crippen molar-refractivity contribution in [2.45, 2.75) is 19.9 Å². The van der Waals surface area contributed by atoms with Crippen molar-refractivity contribution < 1.29 is 19.1 Å². The lowest BCUT2D eigenvalue weighted by Gasteiger charge is -2.14. The molecule has 2 aromatic rings. The Bertz CT molecular complexity index is 744. The molecule has 0 bridgehead atoms. The third-order valence-corrected chi connectivity index (χ3v) is 3.64. The molecule has 2 aromatic carbocycles. The fourth-order valence-electron chi connectivity index (χ4n) is 2.38. The van der Waals surface area contributed by atoms with Gasteiger partial charge in [-0.25, -0.2) is 4.79 Å². The van der Waals surface area contributed by atoms with Crippen LogP contribution < -0.4 is 10.6 Å². The maximum atomic E-state index is 12.4. The Hall–Kier alpha value is -2.86. The molecule has 26 heavy (non-hydrogen) atoms. The molecule has 2 rings (SSSR count). The molecule has 0 aliphatic heterocycles. The average molecular weight is 356 g/mol. The third-order valence-electron chi connectivity index (χ3n) is 3.64. The van der Waals surface area contributed by atoms with Crippen LogP contribution in [0.5, 0.6) is 0 Å². The summed E-state index contributed by atoms with van der Waals surface area (Å²) < 4.78 is 10.1. The van der Waals surface area contributed by atoms with Gasteiger partial charge in [0.05, 0.1) is 17.9 Å². The minimum atomic E-state index is -0.560. The maximum absolute atomic E-state index is 12.4. The molecule has 0 spiro atoms. The van der Waals surface area contributed by atoms with Crippen LogP contribution >= 0.6 is 0 Å². The second-order valence-electron chi connectivity index (χ2n) is 6.04. The van der Waals surface area contributed by atoms with Crippen molar-refractivity contribution in [3.63, 3.8) is 0 Å². The number of hydrogen-bond donors (Lipinski definition) is 2. The molecule has 0 radical (unpaired) electrons. The van der Waals surface area contributed by atoms with Gasteiger partial charge in [0.15, 0.2) is 6.61 Å². The second-order valence-corrected chi connectivity index (χ2v) is 6.04. The van der Waals surface area contributed by atoms with Gasteiger partial charge in [0.2, 0.25) is 0 Å². The van der Waals surface area contributed by atoms with Crippen LogP contribution in [0.1, 0.15) is 22.8 Å². The summed E-state index contributed by atoms with van der Waals surface area (Å²) in [4.78, 5) is 24.2. The van der Waals surface area contributed by atoms with E-state index in [0.717, 1.165) is 11.3 Å². The highest BCUT2D eigenvalue weighted by Crippen LogP contribution is 2.21. The zero-order chi connectivity index (χ0) is 18.9. The lowest BCUT2D eigenvalue weighted by atomic mass is 10.1. The zero-order valence-electron chi connectivity index (χ0n) is 15.2. The Kier molecular flexibility index (Phi) is 7.17. The van der Waals surface area contributed by atoms with Crippen LogP contribution in [0, 0.1) is 6.92 Å². The van der Waals surface area contributed by atoms with E-state index in [0.29, 0.717) is 17.9 Å². The summed E-state index contributed by atoms with van der Waals surface area (Å²) in [5.41, 5.74) is 3.00. The van der Waals surface area contributed by atoms with Gasteiger partial charge in [0.1, 0.15) is 0 Å². The van der Waals surface area contributed by atoms with E-state index >= 15 is 0 Å². The van der Waals surface area contributed by atoms with E-state index in [1.54, 1.807) is 25.3 Å². The first-order valence-corrected chi connectivity index (χ1v) is 8.37. The average Bonchev–Trinajstić information content (AvgIpc) is 2.62. The van der Waals surface area contributed by atoms with Gasteiger partial charge in [0, 0.05) is 18.8 Å². The SMILES string of the molecule is COC[C@H](C)NC(=O)COC(=O)c1ccccc1Nc1ccc(C)cc1. The number of nitrogens with one attached hydrogen (secondary N) is 2. The Morgan fingerprint density at radius 3 is 2.46 bits per heavy atom. The monoisotopic (exact) mass is 356 g/mol. The Morgan fingerprint density at radius 1 is 1.08 bits per heavy atom. The Morgan fingerprint density at radius 2 is 1.77 bits per heavy atom. The van der Waals surface area contributed by atoms with E-state index in [1.165, 1.54) is 0 Å². The fraction of sp³-hybridized carbons (Fsp3) is 0.300. The van der Waals surface area contributed by atoms with Gasteiger partial charge in [0.25, 0.3) is 5.91 Å². The summed E-state index contributed by atoms with van der Waals surface area (Å²) >= 11 is 0. The van der Waals surface area contributed by atoms with E-state index in [9.17, 15) is 9.59 Å². The number of amides is 1. The summed E-state index contributed by atoms with van der Waals surface area (Å²) in [6.45, 7) is 3.87. The first-order valence-electron chi connectivity index (χ1n) is 8.37. The van der Waals surface area contributed by atoms with E-state index in [1.807, 2.05) is 44.2 Å². The number of rotatable bonds is 8. The molecule has 0 saturated heterocycles. The number of hydrogen-bond acceptors (Lipinski definition) is 5. The molecule has 6 heteroatoms. The topological polar surface area (TPSA) is 76.7 Å². The van der Waals surface area contributed by atoms with Crippen LogP contribution in [0.3, 0.4) is 0 Å². The number of esters is 1. The van der Waals surface area contributed by atoms with E-state index in [-0.39, 0.29) is 18.6 Å². The van der Waals surface area contributed by atoms with Crippen molar-refractivity contribution in [1.29, 1.82) is 0 Å². The van der Waals surface area contributed by atoms with Crippen LogP contribution in [-0.2, 0) is 14.3 Å². The molecule has 0 aliphatic rings. The molecular weight excluding hydrogens is 332 g/mol. The lowest BCUT2D eigenvalue weighted by molar-refractivity contribution is -0.125. The van der Waals surface area contributed by atoms with Gasteiger partial charge in [-0.1, -0.05) is 29.8 Å². The molecular formula is C20H24N2O4. The van der Waals surface area contributed by atoms with Crippen molar-refractivity contribution in [2.24, 2.45) is 0 Å². The van der Waals surface area contributed by atoms with Crippen LogP contribution in [0.2, 0.25) is 0 Å². The number of anilines is 2. The molecule has 0 fully saturated rings. The first kappa shape index (κ1) is 19.5. The number of methoxy groups -OCH3 is 1. The van der Waals surface area contributed by atoms with Gasteiger partial charge in [-0.2, -0.15) is 0 Å². The predicted molar refractivity (Wildman–Crippen MR) is 101 cm³/mol. The highest BCUT2D eigenvalue weighted by molar-refractivity contribution is 5.97. The van der Waals surface area contributed by atoms with E-state index < -0.39 is 5.97 Å². The normalized spacial score (nSPS) is 11.5. The summed E-state index contributed by atoms with van der Waals surface area (Å²) in [6.07, 6.45) is 0. The van der Waals surface area contributed by atoms with E-state index in [4.69, 9.17) is 9.47 Å². The zero-order valence-corrected chi connectivity index (χ0v) is 15.2. The third kappa shape index (κ3) is 5.89. The van der Waals surface area contributed by atoms with Crippen molar-refractivity contribution >= 4 is 23.3 Å². The van der Waals surface area contributed by atoms with Gasteiger partial charge in [-0.05, 0) is 38.1 Å². The number of ether oxygens (including phenoxy) is 2. The molecule has 0 heterocycles. The smallest absolute Gasteiger partial charge is 0.340 e. The standard InChI is InChI=1S/C20H24N2O4/c1-14-8-10-16(11-9-14)22-18-7-5-4-6-17(18)20(24)26-13-19(23)21-15(2)12-25-3/h4-11,15,22H,12-13H2,1-3H3,(H,21,23)/t15-/m0/s1. The van der Waals surface area contributed by atoms with Crippen molar-refractivity contribution in [1.82, 2.24) is 5.32 Å².